The van der Waals surface area contributed by atoms with Crippen LogP contribution in [0.25, 0.3) is 11.5 Å². The first-order valence-corrected chi connectivity index (χ1v) is 6.56. The molecule has 3 rings (SSSR count). The molecule has 1 fully saturated rings. The van der Waals surface area contributed by atoms with Gasteiger partial charge in [-0.2, -0.15) is 5.26 Å². The molecule has 1 aliphatic carbocycles. The van der Waals surface area contributed by atoms with Crippen molar-refractivity contribution >= 4 is 11.3 Å². The van der Waals surface area contributed by atoms with Gasteiger partial charge in [0.05, 0.1) is 6.07 Å². The van der Waals surface area contributed by atoms with Gasteiger partial charge in [-0.1, -0.05) is 0 Å². The Morgan fingerprint density at radius 3 is 2.82 bits per heavy atom. The zero-order chi connectivity index (χ0) is 11.9. The molecule has 0 N–H and O–H groups in total. The molecular formula is C13H12N2OS. The molecular weight excluding hydrogens is 232 g/mol. The third-order valence-electron chi connectivity index (χ3n) is 3.33. The van der Waals surface area contributed by atoms with Gasteiger partial charge in [0, 0.05) is 5.38 Å². The zero-order valence-corrected chi connectivity index (χ0v) is 10.4. The fourth-order valence-corrected chi connectivity index (χ4v) is 3.10. The monoisotopic (exact) mass is 244 g/mol. The first kappa shape index (κ1) is 10.5. The van der Waals surface area contributed by atoms with Crippen molar-refractivity contribution in [3.05, 3.63) is 28.3 Å². The Labute approximate surface area is 104 Å². The minimum Gasteiger partial charge on any atom is -0.460 e. The zero-order valence-electron chi connectivity index (χ0n) is 9.56. The summed E-state index contributed by atoms with van der Waals surface area (Å²) in [6.45, 7) is 1.92. The first-order valence-electron chi connectivity index (χ1n) is 5.68. The molecule has 0 radical (unpaired) electrons. The van der Waals surface area contributed by atoms with Crippen molar-refractivity contribution in [2.24, 2.45) is 0 Å². The van der Waals surface area contributed by atoms with E-state index in [-0.39, 0.29) is 5.41 Å². The summed E-state index contributed by atoms with van der Waals surface area (Å²) in [5.74, 6) is 1.67. The fourth-order valence-electron chi connectivity index (χ4n) is 2.08. The Bertz CT molecular complexity index is 587. The Hall–Kier alpha value is -1.60. The second-order valence-electron chi connectivity index (χ2n) is 4.50. The summed E-state index contributed by atoms with van der Waals surface area (Å²) in [5.41, 5.74) is 0.532. The SMILES string of the molecule is Cc1ccc(-c2csc(C3(C#N)CCC3)n2)o1. The van der Waals surface area contributed by atoms with Crippen LogP contribution in [0.5, 0.6) is 0 Å². The maximum atomic E-state index is 9.27. The highest BCUT2D eigenvalue weighted by Crippen LogP contribution is 2.45. The molecule has 0 atom stereocenters. The molecule has 1 aliphatic rings. The van der Waals surface area contributed by atoms with Crippen molar-refractivity contribution in [1.82, 2.24) is 4.98 Å². The molecule has 2 heterocycles. The van der Waals surface area contributed by atoms with Crippen molar-refractivity contribution in [3.8, 4) is 17.5 Å². The minimum atomic E-state index is -0.315. The summed E-state index contributed by atoms with van der Waals surface area (Å²) in [4.78, 5) is 4.56. The van der Waals surface area contributed by atoms with Gasteiger partial charge in [-0.3, -0.25) is 0 Å². The van der Waals surface area contributed by atoms with Gasteiger partial charge in [-0.05, 0) is 38.3 Å². The lowest BCUT2D eigenvalue weighted by atomic mass is 9.70. The first-order chi connectivity index (χ1) is 8.23. The number of nitrogens with zero attached hydrogens (tertiary/aromatic N) is 2. The standard InChI is InChI=1S/C13H12N2OS/c1-9-3-4-11(16-9)10-7-17-12(15-10)13(8-14)5-2-6-13/h3-4,7H,2,5-6H2,1H3. The summed E-state index contributed by atoms with van der Waals surface area (Å²) in [7, 11) is 0. The molecule has 17 heavy (non-hydrogen) atoms. The third kappa shape index (κ3) is 1.58. The topological polar surface area (TPSA) is 49.8 Å². The van der Waals surface area contributed by atoms with Gasteiger partial charge < -0.3 is 4.42 Å². The van der Waals surface area contributed by atoms with Crippen molar-refractivity contribution in [2.75, 3.05) is 0 Å². The van der Waals surface area contributed by atoms with Gasteiger partial charge in [0.1, 0.15) is 21.9 Å². The van der Waals surface area contributed by atoms with E-state index in [1.54, 1.807) is 11.3 Å². The van der Waals surface area contributed by atoms with Gasteiger partial charge in [0.2, 0.25) is 0 Å². The fraction of sp³-hybridized carbons (Fsp3) is 0.385. The highest BCUT2D eigenvalue weighted by atomic mass is 32.1. The number of hydrogen-bond donors (Lipinski definition) is 0. The van der Waals surface area contributed by atoms with Gasteiger partial charge >= 0.3 is 0 Å². The van der Waals surface area contributed by atoms with E-state index in [4.69, 9.17) is 4.42 Å². The molecule has 1 saturated carbocycles. The van der Waals surface area contributed by atoms with E-state index in [0.717, 1.165) is 41.5 Å². The maximum Gasteiger partial charge on any atom is 0.153 e. The van der Waals surface area contributed by atoms with Crippen LogP contribution >= 0.6 is 11.3 Å². The summed E-state index contributed by atoms with van der Waals surface area (Å²) < 4.78 is 5.54. The smallest absolute Gasteiger partial charge is 0.153 e. The van der Waals surface area contributed by atoms with E-state index in [0.29, 0.717) is 0 Å². The van der Waals surface area contributed by atoms with Crippen LogP contribution in [0.15, 0.2) is 21.9 Å². The Kier molecular flexibility index (Phi) is 2.30. The second kappa shape index (κ2) is 3.71. The van der Waals surface area contributed by atoms with E-state index >= 15 is 0 Å². The van der Waals surface area contributed by atoms with Crippen LogP contribution in [0.3, 0.4) is 0 Å². The number of nitriles is 1. The number of thiazole rings is 1. The molecule has 2 aromatic heterocycles. The number of furan rings is 1. The molecule has 0 aromatic carbocycles. The molecule has 0 spiro atoms. The van der Waals surface area contributed by atoms with E-state index in [9.17, 15) is 5.26 Å². The Morgan fingerprint density at radius 1 is 1.47 bits per heavy atom. The molecule has 0 bridgehead atoms. The van der Waals surface area contributed by atoms with Crippen molar-refractivity contribution in [3.63, 3.8) is 0 Å². The van der Waals surface area contributed by atoms with Crippen molar-refractivity contribution < 1.29 is 4.42 Å². The largest absolute Gasteiger partial charge is 0.460 e. The van der Waals surface area contributed by atoms with E-state index in [1.807, 2.05) is 24.4 Å². The van der Waals surface area contributed by atoms with Crippen LogP contribution in [-0.4, -0.2) is 4.98 Å². The normalized spacial score (nSPS) is 17.4. The molecule has 0 amide bonds. The lowest BCUT2D eigenvalue weighted by molar-refractivity contribution is 0.323. The Morgan fingerprint density at radius 2 is 2.29 bits per heavy atom. The lowest BCUT2D eigenvalue weighted by Crippen LogP contribution is -2.32. The van der Waals surface area contributed by atoms with E-state index in [2.05, 4.69) is 11.1 Å². The van der Waals surface area contributed by atoms with Gasteiger partial charge in [0.25, 0.3) is 0 Å². The van der Waals surface area contributed by atoms with E-state index in [1.165, 1.54) is 0 Å². The quantitative estimate of drug-likeness (QED) is 0.810. The van der Waals surface area contributed by atoms with Crippen molar-refractivity contribution in [1.29, 1.82) is 5.26 Å². The highest BCUT2D eigenvalue weighted by molar-refractivity contribution is 7.10. The highest BCUT2D eigenvalue weighted by Gasteiger charge is 2.41. The molecule has 0 unspecified atom stereocenters. The predicted octanol–water partition coefficient (Wildman–Crippen LogP) is 3.66. The predicted molar refractivity (Wildman–Crippen MR) is 65.7 cm³/mol. The third-order valence-corrected chi connectivity index (χ3v) is 4.37. The van der Waals surface area contributed by atoms with E-state index < -0.39 is 0 Å². The summed E-state index contributed by atoms with van der Waals surface area (Å²) in [5, 5.41) is 12.2. The molecule has 0 aliphatic heterocycles. The van der Waals surface area contributed by atoms with Crippen LogP contribution in [0, 0.1) is 18.3 Å². The second-order valence-corrected chi connectivity index (χ2v) is 5.35. The summed E-state index contributed by atoms with van der Waals surface area (Å²) >= 11 is 1.57. The van der Waals surface area contributed by atoms with Crippen LogP contribution in [0.1, 0.15) is 30.0 Å². The maximum absolute atomic E-state index is 9.27. The lowest BCUT2D eigenvalue weighted by Gasteiger charge is -2.32. The van der Waals surface area contributed by atoms with Gasteiger partial charge in [0.15, 0.2) is 5.76 Å². The van der Waals surface area contributed by atoms with Crippen LogP contribution < -0.4 is 0 Å². The Balaban J connectivity index is 1.96. The van der Waals surface area contributed by atoms with Gasteiger partial charge in [-0.15, -0.1) is 11.3 Å². The summed E-state index contributed by atoms with van der Waals surface area (Å²) in [6.07, 6.45) is 3.00. The van der Waals surface area contributed by atoms with Gasteiger partial charge in [-0.25, -0.2) is 4.98 Å². The number of aromatic nitrogens is 1. The average molecular weight is 244 g/mol. The average Bonchev–Trinajstić information content (AvgIpc) is 2.86. The van der Waals surface area contributed by atoms with Crippen molar-refractivity contribution in [2.45, 2.75) is 31.6 Å². The molecule has 3 nitrogen and oxygen atoms in total. The molecule has 86 valence electrons. The molecule has 4 heteroatoms. The number of aryl methyl sites for hydroxylation is 1. The van der Waals surface area contributed by atoms with Crippen LogP contribution in [0.2, 0.25) is 0 Å². The summed E-state index contributed by atoms with van der Waals surface area (Å²) in [6, 6.07) is 6.27. The molecule has 0 saturated heterocycles. The number of hydrogen-bond acceptors (Lipinski definition) is 4. The number of rotatable bonds is 2. The van der Waals surface area contributed by atoms with Crippen LogP contribution in [-0.2, 0) is 5.41 Å². The van der Waals surface area contributed by atoms with Crippen LogP contribution in [0.4, 0.5) is 0 Å². The minimum absolute atomic E-state index is 0.315. The molecule has 2 aromatic rings.